The van der Waals surface area contributed by atoms with Crippen molar-refractivity contribution in [3.63, 3.8) is 0 Å². The van der Waals surface area contributed by atoms with E-state index in [-0.39, 0.29) is 12.3 Å². The molecule has 0 aromatic rings. The molecule has 0 bridgehead atoms. The van der Waals surface area contributed by atoms with E-state index in [0.717, 1.165) is 39.3 Å². The van der Waals surface area contributed by atoms with E-state index in [1.807, 2.05) is 0 Å². The molecule has 0 aromatic carbocycles. The molecule has 2 aliphatic rings. The first kappa shape index (κ1) is 13.3. The van der Waals surface area contributed by atoms with Crippen LogP contribution >= 0.6 is 0 Å². The van der Waals surface area contributed by atoms with E-state index in [9.17, 15) is 14.7 Å². The maximum atomic E-state index is 11.6. The number of aliphatic carboxylic acids is 1. The van der Waals surface area contributed by atoms with Gasteiger partial charge in [-0.25, -0.2) is 0 Å². The predicted molar refractivity (Wildman–Crippen MR) is 60.7 cm³/mol. The SMILES string of the molecule is O=C([O-])[C@@H]1CC(=O)N(CCC[NH+]2CCOCC2)C1. The lowest BCUT2D eigenvalue weighted by molar-refractivity contribution is -0.908. The van der Waals surface area contributed by atoms with Gasteiger partial charge in [0.2, 0.25) is 5.91 Å². The van der Waals surface area contributed by atoms with E-state index in [0.29, 0.717) is 13.1 Å². The number of rotatable bonds is 5. The van der Waals surface area contributed by atoms with Crippen LogP contribution in [0.15, 0.2) is 0 Å². The molecule has 102 valence electrons. The Morgan fingerprint density at radius 3 is 2.78 bits per heavy atom. The van der Waals surface area contributed by atoms with Crippen molar-refractivity contribution in [1.29, 1.82) is 0 Å². The Kier molecular flexibility index (Phi) is 4.54. The summed E-state index contributed by atoms with van der Waals surface area (Å²) >= 11 is 0. The van der Waals surface area contributed by atoms with Gasteiger partial charge in [-0.1, -0.05) is 0 Å². The van der Waals surface area contributed by atoms with Gasteiger partial charge in [-0.2, -0.15) is 0 Å². The Hall–Kier alpha value is -1.14. The topological polar surface area (TPSA) is 74.1 Å². The Morgan fingerprint density at radius 2 is 2.17 bits per heavy atom. The molecule has 0 saturated carbocycles. The number of ether oxygens (including phenoxy) is 1. The summed E-state index contributed by atoms with van der Waals surface area (Å²) in [6.45, 7) is 5.66. The van der Waals surface area contributed by atoms with Gasteiger partial charge in [0.15, 0.2) is 0 Å². The summed E-state index contributed by atoms with van der Waals surface area (Å²) < 4.78 is 5.28. The van der Waals surface area contributed by atoms with E-state index >= 15 is 0 Å². The smallest absolute Gasteiger partial charge is 0.223 e. The quantitative estimate of drug-likeness (QED) is 0.565. The number of nitrogens with zero attached hydrogens (tertiary/aromatic N) is 1. The number of likely N-dealkylation sites (tertiary alicyclic amines) is 1. The predicted octanol–water partition coefficient (Wildman–Crippen LogP) is -3.11. The first-order valence-corrected chi connectivity index (χ1v) is 6.57. The van der Waals surface area contributed by atoms with Crippen molar-refractivity contribution < 1.29 is 24.3 Å². The summed E-state index contributed by atoms with van der Waals surface area (Å²) in [5, 5.41) is 10.7. The van der Waals surface area contributed by atoms with Crippen molar-refractivity contribution in [2.24, 2.45) is 5.92 Å². The van der Waals surface area contributed by atoms with Gasteiger partial charge in [0, 0.05) is 37.8 Å². The van der Waals surface area contributed by atoms with Crippen LogP contribution in [0.25, 0.3) is 0 Å². The molecular weight excluding hydrogens is 236 g/mol. The number of carboxylic acids is 1. The average molecular weight is 256 g/mol. The van der Waals surface area contributed by atoms with Crippen LogP contribution in [0.1, 0.15) is 12.8 Å². The molecule has 1 amide bonds. The summed E-state index contributed by atoms with van der Waals surface area (Å²) in [5.41, 5.74) is 0. The van der Waals surface area contributed by atoms with E-state index in [1.54, 1.807) is 4.90 Å². The number of amides is 1. The molecule has 1 N–H and O–H groups in total. The highest BCUT2D eigenvalue weighted by molar-refractivity contribution is 5.85. The molecule has 0 radical (unpaired) electrons. The minimum absolute atomic E-state index is 0.0545. The molecule has 2 aliphatic heterocycles. The summed E-state index contributed by atoms with van der Waals surface area (Å²) in [5.74, 6) is -1.78. The highest BCUT2D eigenvalue weighted by Gasteiger charge is 2.30. The lowest BCUT2D eigenvalue weighted by Gasteiger charge is -2.24. The summed E-state index contributed by atoms with van der Waals surface area (Å²) in [6, 6.07) is 0. The number of carbonyl (C=O) groups is 2. The third-order valence-corrected chi connectivity index (χ3v) is 3.71. The molecule has 6 heteroatoms. The van der Waals surface area contributed by atoms with Gasteiger partial charge in [-0.05, 0) is 0 Å². The van der Waals surface area contributed by atoms with Gasteiger partial charge >= 0.3 is 0 Å². The van der Waals surface area contributed by atoms with Gasteiger partial charge in [-0.15, -0.1) is 0 Å². The number of carboxylic acid groups (broad SMARTS) is 1. The fourth-order valence-corrected chi connectivity index (χ4v) is 2.58. The van der Waals surface area contributed by atoms with Crippen LogP contribution in [0, 0.1) is 5.92 Å². The second-order valence-electron chi connectivity index (χ2n) is 5.03. The highest BCUT2D eigenvalue weighted by Crippen LogP contribution is 2.16. The Balaban J connectivity index is 1.67. The molecule has 0 aliphatic carbocycles. The monoisotopic (exact) mass is 256 g/mol. The van der Waals surface area contributed by atoms with E-state index in [2.05, 4.69) is 0 Å². The van der Waals surface area contributed by atoms with Crippen molar-refractivity contribution in [2.75, 3.05) is 45.9 Å². The molecule has 0 spiro atoms. The van der Waals surface area contributed by atoms with Crippen LogP contribution < -0.4 is 10.0 Å². The zero-order chi connectivity index (χ0) is 13.0. The van der Waals surface area contributed by atoms with Gasteiger partial charge in [0.05, 0.1) is 19.8 Å². The van der Waals surface area contributed by atoms with Crippen LogP contribution in [0.2, 0.25) is 0 Å². The van der Waals surface area contributed by atoms with Crippen LogP contribution in [-0.4, -0.2) is 62.7 Å². The third kappa shape index (κ3) is 3.43. The second-order valence-corrected chi connectivity index (χ2v) is 5.03. The molecule has 18 heavy (non-hydrogen) atoms. The molecule has 0 aromatic heterocycles. The Bertz CT molecular complexity index is 315. The zero-order valence-electron chi connectivity index (χ0n) is 10.5. The average Bonchev–Trinajstić information content (AvgIpc) is 2.73. The fraction of sp³-hybridized carbons (Fsp3) is 0.833. The Labute approximate surface area is 106 Å². The number of quaternary nitrogens is 1. The van der Waals surface area contributed by atoms with Crippen LogP contribution in [0.4, 0.5) is 0 Å². The number of nitrogens with one attached hydrogen (secondary N) is 1. The normalized spacial score (nSPS) is 25.7. The fourth-order valence-electron chi connectivity index (χ4n) is 2.58. The van der Waals surface area contributed by atoms with E-state index in [4.69, 9.17) is 4.74 Å². The second kappa shape index (κ2) is 6.15. The molecule has 2 heterocycles. The van der Waals surface area contributed by atoms with Crippen molar-refractivity contribution >= 4 is 11.9 Å². The summed E-state index contributed by atoms with van der Waals surface area (Å²) in [6.07, 6.45) is 1.02. The lowest BCUT2D eigenvalue weighted by Crippen LogP contribution is -3.14. The van der Waals surface area contributed by atoms with Crippen molar-refractivity contribution in [1.82, 2.24) is 4.90 Å². The van der Waals surface area contributed by atoms with E-state index in [1.165, 1.54) is 4.90 Å². The minimum atomic E-state index is -1.11. The third-order valence-electron chi connectivity index (χ3n) is 3.71. The number of morpholine rings is 1. The molecule has 2 saturated heterocycles. The largest absolute Gasteiger partial charge is 0.550 e. The molecule has 1 atom stereocenters. The maximum Gasteiger partial charge on any atom is 0.223 e. The number of hydrogen-bond acceptors (Lipinski definition) is 4. The summed E-state index contributed by atoms with van der Waals surface area (Å²) in [4.78, 5) is 25.4. The molecule has 2 rings (SSSR count). The van der Waals surface area contributed by atoms with Crippen LogP contribution in [-0.2, 0) is 14.3 Å². The molecule has 0 unspecified atom stereocenters. The van der Waals surface area contributed by atoms with Gasteiger partial charge < -0.3 is 24.4 Å². The van der Waals surface area contributed by atoms with Crippen molar-refractivity contribution in [2.45, 2.75) is 12.8 Å². The van der Waals surface area contributed by atoms with Crippen LogP contribution in [0.3, 0.4) is 0 Å². The lowest BCUT2D eigenvalue weighted by atomic mass is 10.1. The highest BCUT2D eigenvalue weighted by atomic mass is 16.5. The van der Waals surface area contributed by atoms with E-state index < -0.39 is 11.9 Å². The van der Waals surface area contributed by atoms with Gasteiger partial charge in [0.25, 0.3) is 0 Å². The number of carbonyl (C=O) groups excluding carboxylic acids is 2. The zero-order valence-corrected chi connectivity index (χ0v) is 10.5. The van der Waals surface area contributed by atoms with Crippen molar-refractivity contribution in [3.8, 4) is 0 Å². The van der Waals surface area contributed by atoms with Crippen molar-refractivity contribution in [3.05, 3.63) is 0 Å². The number of hydrogen-bond donors (Lipinski definition) is 1. The molecular formula is C12H20N2O4. The standard InChI is InChI=1S/C12H20N2O4/c15-11-8-10(12(16)17)9-14(11)3-1-2-13-4-6-18-7-5-13/h10H,1-9H2,(H,16,17)/t10-/m1/s1. The van der Waals surface area contributed by atoms with Gasteiger partial charge in [0.1, 0.15) is 13.1 Å². The first-order chi connectivity index (χ1) is 8.66. The molecule has 6 nitrogen and oxygen atoms in total. The first-order valence-electron chi connectivity index (χ1n) is 6.57. The Morgan fingerprint density at radius 1 is 1.44 bits per heavy atom. The van der Waals surface area contributed by atoms with Gasteiger partial charge in [-0.3, -0.25) is 4.79 Å². The minimum Gasteiger partial charge on any atom is -0.550 e. The molecule has 2 fully saturated rings. The van der Waals surface area contributed by atoms with Crippen LogP contribution in [0.5, 0.6) is 0 Å². The maximum absolute atomic E-state index is 11.6. The summed E-state index contributed by atoms with van der Waals surface area (Å²) in [7, 11) is 0.